The van der Waals surface area contributed by atoms with Crippen LogP contribution in [-0.2, 0) is 14.3 Å². The zero-order valence-corrected chi connectivity index (χ0v) is 42.2. The topological polar surface area (TPSA) is 95.9 Å². The average Bonchev–Trinajstić information content (AvgIpc) is 3.28. The number of hydrogen-bond donors (Lipinski definition) is 3. The first kappa shape index (κ1) is 61.1. The second-order valence-electron chi connectivity index (χ2n) is 19.0. The average molecular weight is 886 g/mol. The van der Waals surface area contributed by atoms with Gasteiger partial charge in [0.15, 0.2) is 0 Å². The number of ether oxygens (including phenoxy) is 1. The summed E-state index contributed by atoms with van der Waals surface area (Å²) >= 11 is 0. The molecule has 6 nitrogen and oxygen atoms in total. The quantitative estimate of drug-likeness (QED) is 0.0321. The van der Waals surface area contributed by atoms with Crippen molar-refractivity contribution in [3.8, 4) is 0 Å². The predicted octanol–water partition coefficient (Wildman–Crippen LogP) is 16.8. The number of carbonyl (C=O) groups excluding carboxylic acids is 2. The van der Waals surface area contributed by atoms with Crippen molar-refractivity contribution in [2.24, 2.45) is 0 Å². The van der Waals surface area contributed by atoms with Gasteiger partial charge >= 0.3 is 5.97 Å². The van der Waals surface area contributed by atoms with Gasteiger partial charge in [-0.15, -0.1) is 0 Å². The van der Waals surface area contributed by atoms with Crippen molar-refractivity contribution in [3.05, 3.63) is 36.5 Å². The van der Waals surface area contributed by atoms with Gasteiger partial charge in [0.25, 0.3) is 0 Å². The molecule has 3 atom stereocenters. The van der Waals surface area contributed by atoms with Crippen LogP contribution in [0.4, 0.5) is 0 Å². The highest BCUT2D eigenvalue weighted by molar-refractivity contribution is 5.77. The van der Waals surface area contributed by atoms with E-state index < -0.39 is 18.2 Å². The zero-order valence-electron chi connectivity index (χ0n) is 42.2. The molecule has 63 heavy (non-hydrogen) atoms. The van der Waals surface area contributed by atoms with Crippen LogP contribution in [0.5, 0.6) is 0 Å². The van der Waals surface area contributed by atoms with Crippen LogP contribution < -0.4 is 5.32 Å². The third-order valence-electron chi connectivity index (χ3n) is 12.7. The van der Waals surface area contributed by atoms with Gasteiger partial charge in [0.1, 0.15) is 6.10 Å². The predicted molar refractivity (Wildman–Crippen MR) is 273 cm³/mol. The van der Waals surface area contributed by atoms with Gasteiger partial charge in [-0.1, -0.05) is 250 Å². The Morgan fingerprint density at radius 2 is 0.810 bits per heavy atom. The van der Waals surface area contributed by atoms with Gasteiger partial charge in [0, 0.05) is 6.42 Å². The van der Waals surface area contributed by atoms with Crippen LogP contribution >= 0.6 is 0 Å². The van der Waals surface area contributed by atoms with Crippen LogP contribution in [0.3, 0.4) is 0 Å². The number of rotatable bonds is 50. The zero-order chi connectivity index (χ0) is 45.9. The third-order valence-corrected chi connectivity index (χ3v) is 12.7. The molecule has 0 aliphatic rings. The molecule has 0 aromatic carbocycles. The highest BCUT2D eigenvalue weighted by Crippen LogP contribution is 2.18. The van der Waals surface area contributed by atoms with E-state index in [2.05, 4.69) is 62.5 Å². The van der Waals surface area contributed by atoms with Crippen molar-refractivity contribution in [2.45, 2.75) is 309 Å². The molecule has 0 heterocycles. The fourth-order valence-corrected chi connectivity index (χ4v) is 8.50. The molecule has 1 amide bonds. The number of aliphatic hydroxyl groups is 2. The van der Waals surface area contributed by atoms with Gasteiger partial charge in [-0.3, -0.25) is 9.59 Å². The van der Waals surface area contributed by atoms with Crippen molar-refractivity contribution < 1.29 is 24.5 Å². The minimum Gasteiger partial charge on any atom is -0.462 e. The summed E-state index contributed by atoms with van der Waals surface area (Å²) < 4.78 is 5.95. The SMILES string of the molecule is CCCCC/C=C\C/C=C\C/C=C\CCCCCCC(CC(=O)NC(CO)C(O)CCCCCCCCCCCCCC)OC(=O)CCCCCCCCCCCCCCCCC. The van der Waals surface area contributed by atoms with E-state index in [9.17, 15) is 19.8 Å². The molecule has 6 heteroatoms. The molecule has 0 bridgehead atoms. The van der Waals surface area contributed by atoms with Gasteiger partial charge in [-0.05, 0) is 64.2 Å². The molecular weight excluding hydrogens is 779 g/mol. The third kappa shape index (κ3) is 46.4. The Morgan fingerprint density at radius 3 is 1.25 bits per heavy atom. The van der Waals surface area contributed by atoms with Crippen molar-refractivity contribution in [2.75, 3.05) is 6.61 Å². The van der Waals surface area contributed by atoms with Crippen LogP contribution in [0.2, 0.25) is 0 Å². The first-order chi connectivity index (χ1) is 31.0. The van der Waals surface area contributed by atoms with Gasteiger partial charge in [0.05, 0.1) is 25.2 Å². The molecule has 0 aliphatic carbocycles. The van der Waals surface area contributed by atoms with E-state index in [-0.39, 0.29) is 24.9 Å². The lowest BCUT2D eigenvalue weighted by Crippen LogP contribution is -2.46. The molecule has 370 valence electrons. The molecule has 3 N–H and O–H groups in total. The van der Waals surface area contributed by atoms with Gasteiger partial charge in [-0.25, -0.2) is 0 Å². The Morgan fingerprint density at radius 1 is 0.460 bits per heavy atom. The lowest BCUT2D eigenvalue weighted by Gasteiger charge is -2.24. The van der Waals surface area contributed by atoms with E-state index in [1.54, 1.807) is 0 Å². The number of unbranched alkanes of at least 4 members (excludes halogenated alkanes) is 32. The monoisotopic (exact) mass is 886 g/mol. The Kier molecular flexibility index (Phi) is 49.5. The summed E-state index contributed by atoms with van der Waals surface area (Å²) in [4.78, 5) is 26.2. The van der Waals surface area contributed by atoms with Crippen molar-refractivity contribution in [1.29, 1.82) is 0 Å². The summed E-state index contributed by atoms with van der Waals surface area (Å²) in [6, 6.07) is -0.706. The summed E-state index contributed by atoms with van der Waals surface area (Å²) in [6.07, 6.45) is 60.6. The van der Waals surface area contributed by atoms with E-state index in [0.717, 1.165) is 83.5 Å². The van der Waals surface area contributed by atoms with Gasteiger partial charge in [0.2, 0.25) is 5.91 Å². The van der Waals surface area contributed by atoms with E-state index >= 15 is 0 Å². The molecule has 0 aromatic heterocycles. The van der Waals surface area contributed by atoms with Crippen molar-refractivity contribution >= 4 is 11.9 Å². The number of aliphatic hydroxyl groups excluding tert-OH is 2. The van der Waals surface area contributed by atoms with E-state index in [4.69, 9.17) is 4.74 Å². The Bertz CT molecular complexity index is 1040. The number of allylic oxidation sites excluding steroid dienone is 6. The maximum absolute atomic E-state index is 13.2. The molecule has 0 saturated heterocycles. The van der Waals surface area contributed by atoms with E-state index in [1.807, 2.05) is 0 Å². The molecule has 0 rings (SSSR count). The van der Waals surface area contributed by atoms with Gasteiger partial charge in [-0.2, -0.15) is 0 Å². The maximum Gasteiger partial charge on any atom is 0.306 e. The number of esters is 1. The Labute approximate surface area is 392 Å². The van der Waals surface area contributed by atoms with Crippen molar-refractivity contribution in [3.63, 3.8) is 0 Å². The lowest BCUT2D eigenvalue weighted by molar-refractivity contribution is -0.151. The molecule has 0 radical (unpaired) electrons. The summed E-state index contributed by atoms with van der Waals surface area (Å²) in [7, 11) is 0. The highest BCUT2D eigenvalue weighted by Gasteiger charge is 2.24. The largest absolute Gasteiger partial charge is 0.462 e. The van der Waals surface area contributed by atoms with Crippen molar-refractivity contribution in [1.82, 2.24) is 5.32 Å². The maximum atomic E-state index is 13.2. The first-order valence-electron chi connectivity index (χ1n) is 27.7. The summed E-state index contributed by atoms with van der Waals surface area (Å²) in [6.45, 7) is 6.47. The molecule has 0 aliphatic heterocycles. The normalized spacial score (nSPS) is 13.4. The van der Waals surface area contributed by atoms with E-state index in [1.165, 1.54) is 161 Å². The number of amides is 1. The first-order valence-corrected chi connectivity index (χ1v) is 27.7. The second kappa shape index (κ2) is 51.1. The fraction of sp³-hybridized carbons (Fsp3) is 0.860. The number of hydrogen-bond acceptors (Lipinski definition) is 5. The number of carbonyl (C=O) groups is 2. The molecule has 0 aromatic rings. The standard InChI is InChI=1S/C57H107NO5/c1-4-7-10-13-16-19-22-25-27-28-30-31-33-36-39-42-45-48-53(63-57(62)50-47-44-41-38-35-32-29-26-23-20-17-14-11-8-5-2)51-56(61)58-54(52-59)55(60)49-46-43-40-37-34-24-21-18-15-12-9-6-3/h16,19,25,27,30-31,53-55,59-60H,4-15,17-18,20-24,26,28-29,32-52H2,1-3H3,(H,58,61)/b19-16-,27-25-,31-30-. The van der Waals surface area contributed by atoms with Crippen LogP contribution in [0.15, 0.2) is 36.5 Å². The Hall–Kier alpha value is -1.92. The summed E-state index contributed by atoms with van der Waals surface area (Å²) in [5.41, 5.74) is 0. The summed E-state index contributed by atoms with van der Waals surface area (Å²) in [5.74, 6) is -0.481. The highest BCUT2D eigenvalue weighted by atomic mass is 16.5. The number of nitrogens with one attached hydrogen (secondary N) is 1. The molecule has 0 fully saturated rings. The lowest BCUT2D eigenvalue weighted by atomic mass is 10.0. The van der Waals surface area contributed by atoms with Crippen LogP contribution in [0.1, 0.15) is 290 Å². The minimum atomic E-state index is -0.791. The Balaban J connectivity index is 4.60. The molecule has 3 unspecified atom stereocenters. The van der Waals surface area contributed by atoms with E-state index in [0.29, 0.717) is 19.3 Å². The molecule has 0 spiro atoms. The smallest absolute Gasteiger partial charge is 0.306 e. The molecule has 0 saturated carbocycles. The van der Waals surface area contributed by atoms with Crippen LogP contribution in [-0.4, -0.2) is 46.9 Å². The van der Waals surface area contributed by atoms with Crippen LogP contribution in [0, 0.1) is 0 Å². The van der Waals surface area contributed by atoms with Crippen LogP contribution in [0.25, 0.3) is 0 Å². The van der Waals surface area contributed by atoms with Gasteiger partial charge < -0.3 is 20.3 Å². The second-order valence-corrected chi connectivity index (χ2v) is 19.0. The minimum absolute atomic E-state index is 0.0668. The summed E-state index contributed by atoms with van der Waals surface area (Å²) in [5, 5.41) is 23.8. The fourth-order valence-electron chi connectivity index (χ4n) is 8.50. The molecular formula is C57H107NO5.